The van der Waals surface area contributed by atoms with E-state index in [0.29, 0.717) is 0 Å². The van der Waals surface area contributed by atoms with Gasteiger partial charge in [-0.2, -0.15) is 0 Å². The average Bonchev–Trinajstić information content (AvgIpc) is 4.11. The first-order chi connectivity index (χ1) is 36.2. The normalized spacial score (nSPS) is 11.8. The lowest BCUT2D eigenvalue weighted by Crippen LogP contribution is -2.09. The lowest BCUT2D eigenvalue weighted by Gasteiger charge is -2.26. The van der Waals surface area contributed by atoms with Crippen LogP contribution in [0, 0.1) is 0 Å². The third-order valence-corrected chi connectivity index (χ3v) is 15.2. The Morgan fingerprint density at radius 1 is 0.233 bits per heavy atom. The lowest BCUT2D eigenvalue weighted by atomic mass is 9.97. The van der Waals surface area contributed by atoms with Gasteiger partial charge in [0.05, 0.1) is 27.6 Å². The van der Waals surface area contributed by atoms with Crippen molar-refractivity contribution in [1.82, 2.24) is 8.97 Å². The summed E-state index contributed by atoms with van der Waals surface area (Å²) < 4.78 is 4.90. The number of anilines is 3. The minimum Gasteiger partial charge on any atom is -0.311 e. The monoisotopic (exact) mass is 927 g/mol. The highest BCUT2D eigenvalue weighted by atomic mass is 15.1. The molecule has 3 aromatic heterocycles. The predicted molar refractivity (Wildman–Crippen MR) is 309 cm³/mol. The first-order valence-electron chi connectivity index (χ1n) is 25.1. The number of hydrogen-bond acceptors (Lipinski definition) is 1. The summed E-state index contributed by atoms with van der Waals surface area (Å²) in [5.74, 6) is 0. The summed E-state index contributed by atoms with van der Waals surface area (Å²) >= 11 is 0. The molecule has 12 aromatic carbocycles. The number of para-hydroxylation sites is 2. The second kappa shape index (κ2) is 16.4. The van der Waals surface area contributed by atoms with Gasteiger partial charge < -0.3 is 13.9 Å². The maximum absolute atomic E-state index is 2.46. The maximum atomic E-state index is 2.46. The van der Waals surface area contributed by atoms with Crippen LogP contribution in [0.3, 0.4) is 0 Å². The van der Waals surface area contributed by atoms with Crippen molar-refractivity contribution in [3.63, 3.8) is 0 Å². The number of benzene rings is 12. The smallest absolute Gasteiger partial charge is 0.0620 e. The number of nitrogens with zero attached hydrogens (tertiary/aromatic N) is 3. The minimum atomic E-state index is 1.09. The quantitative estimate of drug-likeness (QED) is 0.148. The van der Waals surface area contributed by atoms with Crippen molar-refractivity contribution in [2.45, 2.75) is 0 Å². The van der Waals surface area contributed by atoms with Crippen LogP contribution >= 0.6 is 0 Å². The van der Waals surface area contributed by atoms with Gasteiger partial charge in [-0.05, 0) is 152 Å². The van der Waals surface area contributed by atoms with Crippen LogP contribution in [0.15, 0.2) is 273 Å². The van der Waals surface area contributed by atoms with E-state index in [1.807, 2.05) is 0 Å². The molecular formula is C70H45N3. The number of fused-ring (bicyclic) bond motifs is 10. The molecule has 0 bridgehead atoms. The molecule has 15 aromatic rings. The molecule has 15 rings (SSSR count). The van der Waals surface area contributed by atoms with E-state index in [1.54, 1.807) is 0 Å². The van der Waals surface area contributed by atoms with Crippen LogP contribution in [0.5, 0.6) is 0 Å². The Morgan fingerprint density at radius 3 is 1.15 bits per heavy atom. The zero-order chi connectivity index (χ0) is 48.0. The molecule has 3 nitrogen and oxygen atoms in total. The standard InChI is InChI=1S/C70H45N3/c1-3-13-46(14-4-1)49-23-32-56(33-24-49)71(57-34-25-50(26-35-57)47-15-5-2-6-16-47)58-36-27-51(28-37-58)53-30-39-68-62(42-53)63-43-54(31-40-69(63)72(68)59-38-29-48-17-7-8-18-52(48)41-59)55-44-64-60-19-9-11-21-66(60)73-67-22-12-10-20-61(67)65(45-55)70(64)73/h1-45H. The SMILES string of the molecule is c1ccc(-c2ccc(N(c3ccc(-c4ccccc4)cc3)c3ccc(-c4ccc5c(c4)c4cc(-c6cc7c8ccccc8n8c9ccccc9c(c6)c78)ccc4n5-c4ccc5ccccc5c4)cc3)cc2)cc1. The topological polar surface area (TPSA) is 12.6 Å². The van der Waals surface area contributed by atoms with Gasteiger partial charge in [0.1, 0.15) is 0 Å². The van der Waals surface area contributed by atoms with Crippen molar-refractivity contribution in [2.75, 3.05) is 4.90 Å². The van der Waals surface area contributed by atoms with Gasteiger partial charge in [0.2, 0.25) is 0 Å². The van der Waals surface area contributed by atoms with Crippen molar-refractivity contribution < 1.29 is 0 Å². The van der Waals surface area contributed by atoms with Gasteiger partial charge in [-0.1, -0.05) is 176 Å². The molecule has 3 heteroatoms. The Bertz CT molecular complexity index is 4400. The molecule has 0 aliphatic carbocycles. The van der Waals surface area contributed by atoms with Gasteiger partial charge in [0.25, 0.3) is 0 Å². The molecule has 0 aliphatic heterocycles. The molecule has 0 amide bonds. The molecule has 0 spiro atoms. The first kappa shape index (κ1) is 41.1. The molecule has 0 fully saturated rings. The molecule has 0 unspecified atom stereocenters. The van der Waals surface area contributed by atoms with E-state index < -0.39 is 0 Å². The lowest BCUT2D eigenvalue weighted by molar-refractivity contribution is 1.19. The Hall–Kier alpha value is -9.70. The van der Waals surface area contributed by atoms with Crippen molar-refractivity contribution in [3.8, 4) is 50.2 Å². The van der Waals surface area contributed by atoms with Crippen LogP contribution in [0.1, 0.15) is 0 Å². The van der Waals surface area contributed by atoms with E-state index in [9.17, 15) is 0 Å². The van der Waals surface area contributed by atoms with E-state index in [0.717, 1.165) is 28.3 Å². The van der Waals surface area contributed by atoms with E-state index >= 15 is 0 Å². The second-order valence-corrected chi connectivity index (χ2v) is 19.3. The fourth-order valence-corrected chi connectivity index (χ4v) is 11.7. The Labute approximate surface area is 422 Å². The highest BCUT2D eigenvalue weighted by Crippen LogP contribution is 2.44. The third-order valence-electron chi connectivity index (χ3n) is 15.2. The fraction of sp³-hybridized carbons (Fsp3) is 0. The summed E-state index contributed by atoms with van der Waals surface area (Å²) in [4.78, 5) is 2.36. The largest absolute Gasteiger partial charge is 0.311 e. The van der Waals surface area contributed by atoms with Crippen LogP contribution < -0.4 is 4.90 Å². The summed E-state index contributed by atoms with van der Waals surface area (Å²) in [7, 11) is 0. The van der Waals surface area contributed by atoms with Crippen LogP contribution in [0.25, 0.3) is 121 Å². The van der Waals surface area contributed by atoms with Gasteiger partial charge in [0, 0.05) is 55.1 Å². The molecule has 0 saturated carbocycles. The highest BCUT2D eigenvalue weighted by molar-refractivity contribution is 6.24. The second-order valence-electron chi connectivity index (χ2n) is 19.3. The molecule has 340 valence electrons. The van der Waals surface area contributed by atoms with E-state index in [2.05, 4.69) is 287 Å². The van der Waals surface area contributed by atoms with Gasteiger partial charge in [0.15, 0.2) is 0 Å². The molecule has 0 aliphatic rings. The zero-order valence-corrected chi connectivity index (χ0v) is 39.8. The molecule has 0 radical (unpaired) electrons. The summed E-state index contributed by atoms with van der Waals surface area (Å²) in [6.07, 6.45) is 0. The Balaban J connectivity index is 0.868. The number of rotatable bonds is 8. The van der Waals surface area contributed by atoms with Crippen LogP contribution in [0.2, 0.25) is 0 Å². The van der Waals surface area contributed by atoms with Crippen molar-refractivity contribution in [1.29, 1.82) is 0 Å². The third kappa shape index (κ3) is 6.67. The predicted octanol–water partition coefficient (Wildman–Crippen LogP) is 19.2. The Kier molecular flexibility index (Phi) is 9.26. The zero-order valence-electron chi connectivity index (χ0n) is 39.8. The van der Waals surface area contributed by atoms with Gasteiger partial charge in [-0.25, -0.2) is 0 Å². The highest BCUT2D eigenvalue weighted by Gasteiger charge is 2.21. The van der Waals surface area contributed by atoms with Crippen LogP contribution in [0.4, 0.5) is 17.1 Å². The number of aromatic nitrogens is 2. The number of hydrogen-bond donors (Lipinski definition) is 0. The molecule has 73 heavy (non-hydrogen) atoms. The fourth-order valence-electron chi connectivity index (χ4n) is 11.7. The first-order valence-corrected chi connectivity index (χ1v) is 25.1. The van der Waals surface area contributed by atoms with Gasteiger partial charge in [-0.3, -0.25) is 0 Å². The summed E-state index contributed by atoms with van der Waals surface area (Å²) in [6, 6.07) is 100. The molecule has 0 atom stereocenters. The molecular weight excluding hydrogens is 883 g/mol. The maximum Gasteiger partial charge on any atom is 0.0620 e. The van der Waals surface area contributed by atoms with Crippen LogP contribution in [-0.2, 0) is 0 Å². The summed E-state index contributed by atoms with van der Waals surface area (Å²) in [5.41, 5.74) is 20.1. The molecule has 0 N–H and O–H groups in total. The Morgan fingerprint density at radius 2 is 0.630 bits per heavy atom. The van der Waals surface area contributed by atoms with E-state index in [-0.39, 0.29) is 0 Å². The van der Waals surface area contributed by atoms with Crippen molar-refractivity contribution >= 4 is 87.7 Å². The van der Waals surface area contributed by atoms with E-state index in [1.165, 1.54) is 110 Å². The molecule has 3 heterocycles. The summed E-state index contributed by atoms with van der Waals surface area (Å²) in [6.45, 7) is 0. The summed E-state index contributed by atoms with van der Waals surface area (Å²) in [5, 5.41) is 10.0. The van der Waals surface area contributed by atoms with E-state index in [4.69, 9.17) is 0 Å². The minimum absolute atomic E-state index is 1.09. The van der Waals surface area contributed by atoms with Crippen molar-refractivity contribution in [3.05, 3.63) is 273 Å². The average molecular weight is 928 g/mol. The van der Waals surface area contributed by atoms with Crippen LogP contribution in [-0.4, -0.2) is 8.97 Å². The van der Waals surface area contributed by atoms with Gasteiger partial charge in [-0.15, -0.1) is 0 Å². The molecule has 0 saturated heterocycles. The van der Waals surface area contributed by atoms with Crippen molar-refractivity contribution in [2.24, 2.45) is 0 Å². The van der Waals surface area contributed by atoms with Gasteiger partial charge >= 0.3 is 0 Å².